The highest BCUT2D eigenvalue weighted by Crippen LogP contribution is 2.19. The molecule has 0 fully saturated rings. The van der Waals surface area contributed by atoms with Gasteiger partial charge in [-0.1, -0.05) is 29.8 Å². The Morgan fingerprint density at radius 3 is 2.86 bits per heavy atom. The number of nitrogens with zero attached hydrogens (tertiary/aromatic N) is 2. The molecular weight excluding hydrogens is 282 g/mol. The van der Waals surface area contributed by atoms with Gasteiger partial charge in [-0.25, -0.2) is 4.98 Å². The maximum atomic E-state index is 12.5. The lowest BCUT2D eigenvalue weighted by Crippen LogP contribution is -2.38. The molecular formula is C16H21N3OS. The second-order valence-electron chi connectivity index (χ2n) is 5.30. The fourth-order valence-electron chi connectivity index (χ4n) is 2.30. The van der Waals surface area contributed by atoms with Crippen LogP contribution in [-0.4, -0.2) is 36.4 Å². The summed E-state index contributed by atoms with van der Waals surface area (Å²) in [6.07, 6.45) is 0.767. The van der Waals surface area contributed by atoms with Crippen LogP contribution < -0.4 is 5.32 Å². The van der Waals surface area contributed by atoms with Crippen molar-refractivity contribution in [3.63, 3.8) is 0 Å². The van der Waals surface area contributed by atoms with E-state index in [0.717, 1.165) is 23.2 Å². The van der Waals surface area contributed by atoms with Gasteiger partial charge < -0.3 is 5.32 Å². The van der Waals surface area contributed by atoms with Gasteiger partial charge in [-0.3, -0.25) is 9.69 Å². The van der Waals surface area contributed by atoms with Gasteiger partial charge in [-0.2, -0.15) is 0 Å². The standard InChI is InChI=1S/C16H21N3OS/c1-12-5-4-6-13(9-12)15(19(2)3)16(20)17-8-7-14-10-21-11-18-14/h4-6,9-11,15H,7-8H2,1-3H3,(H,17,20)/t15-/m1/s1. The molecule has 1 amide bonds. The highest BCUT2D eigenvalue weighted by molar-refractivity contribution is 7.07. The van der Waals surface area contributed by atoms with Crippen LogP contribution in [0.3, 0.4) is 0 Å². The van der Waals surface area contributed by atoms with E-state index < -0.39 is 0 Å². The molecule has 0 unspecified atom stereocenters. The molecule has 0 saturated carbocycles. The summed E-state index contributed by atoms with van der Waals surface area (Å²) in [6, 6.07) is 7.82. The maximum absolute atomic E-state index is 12.5. The summed E-state index contributed by atoms with van der Waals surface area (Å²) in [6.45, 7) is 2.65. The predicted octanol–water partition coefficient (Wildman–Crippen LogP) is 2.41. The molecule has 0 bridgehead atoms. The van der Waals surface area contributed by atoms with E-state index in [9.17, 15) is 4.79 Å². The van der Waals surface area contributed by atoms with Gasteiger partial charge in [0, 0.05) is 18.3 Å². The van der Waals surface area contributed by atoms with Gasteiger partial charge >= 0.3 is 0 Å². The van der Waals surface area contributed by atoms with Crippen molar-refractivity contribution in [2.24, 2.45) is 0 Å². The molecule has 21 heavy (non-hydrogen) atoms. The first-order chi connectivity index (χ1) is 10.1. The smallest absolute Gasteiger partial charge is 0.241 e. The molecule has 1 heterocycles. The first-order valence-electron chi connectivity index (χ1n) is 6.95. The Bertz CT molecular complexity index is 581. The fraction of sp³-hybridized carbons (Fsp3) is 0.375. The lowest BCUT2D eigenvalue weighted by Gasteiger charge is -2.24. The molecule has 0 aliphatic heterocycles. The number of thiazole rings is 1. The van der Waals surface area contributed by atoms with Crippen molar-refractivity contribution in [3.05, 3.63) is 52.0 Å². The number of likely N-dealkylation sites (N-methyl/N-ethyl adjacent to an activating group) is 1. The van der Waals surface area contributed by atoms with Crippen molar-refractivity contribution in [3.8, 4) is 0 Å². The van der Waals surface area contributed by atoms with Gasteiger partial charge in [-0.15, -0.1) is 11.3 Å². The minimum Gasteiger partial charge on any atom is -0.354 e. The van der Waals surface area contributed by atoms with E-state index in [4.69, 9.17) is 0 Å². The molecule has 112 valence electrons. The number of aromatic nitrogens is 1. The zero-order valence-corrected chi connectivity index (χ0v) is 13.5. The maximum Gasteiger partial charge on any atom is 0.241 e. The van der Waals surface area contributed by atoms with E-state index in [-0.39, 0.29) is 11.9 Å². The van der Waals surface area contributed by atoms with E-state index in [1.165, 1.54) is 0 Å². The first kappa shape index (κ1) is 15.7. The SMILES string of the molecule is Cc1cccc([C@H](C(=O)NCCc2cscn2)N(C)C)c1. The summed E-state index contributed by atoms with van der Waals surface area (Å²) in [5, 5.41) is 5.01. The van der Waals surface area contributed by atoms with Gasteiger partial charge in [0.25, 0.3) is 0 Å². The third-order valence-corrected chi connectivity index (χ3v) is 3.92. The zero-order valence-electron chi connectivity index (χ0n) is 12.7. The normalized spacial score (nSPS) is 12.4. The topological polar surface area (TPSA) is 45.2 Å². The molecule has 0 spiro atoms. The molecule has 2 aromatic rings. The van der Waals surface area contributed by atoms with E-state index >= 15 is 0 Å². The van der Waals surface area contributed by atoms with Crippen molar-refractivity contribution in [1.29, 1.82) is 0 Å². The molecule has 4 nitrogen and oxygen atoms in total. The highest BCUT2D eigenvalue weighted by Gasteiger charge is 2.22. The summed E-state index contributed by atoms with van der Waals surface area (Å²) < 4.78 is 0. The third-order valence-electron chi connectivity index (χ3n) is 3.29. The second kappa shape index (κ2) is 7.33. The van der Waals surface area contributed by atoms with E-state index in [0.29, 0.717) is 6.54 Å². The Morgan fingerprint density at radius 2 is 2.24 bits per heavy atom. The monoisotopic (exact) mass is 303 g/mol. The van der Waals surface area contributed by atoms with E-state index in [1.807, 2.05) is 55.0 Å². The minimum absolute atomic E-state index is 0.0285. The van der Waals surface area contributed by atoms with E-state index in [2.05, 4.69) is 16.4 Å². The number of rotatable bonds is 6. The van der Waals surface area contributed by atoms with Gasteiger partial charge in [0.15, 0.2) is 0 Å². The van der Waals surface area contributed by atoms with Crippen LogP contribution >= 0.6 is 11.3 Å². The minimum atomic E-state index is -0.264. The number of aryl methyl sites for hydroxylation is 1. The van der Waals surface area contributed by atoms with Crippen molar-refractivity contribution in [2.75, 3.05) is 20.6 Å². The van der Waals surface area contributed by atoms with Gasteiger partial charge in [0.1, 0.15) is 6.04 Å². The first-order valence-corrected chi connectivity index (χ1v) is 7.90. The van der Waals surface area contributed by atoms with Gasteiger partial charge in [-0.05, 0) is 26.6 Å². The average molecular weight is 303 g/mol. The van der Waals surface area contributed by atoms with Crippen LogP contribution in [0.15, 0.2) is 35.2 Å². The van der Waals surface area contributed by atoms with Crippen molar-refractivity contribution in [1.82, 2.24) is 15.2 Å². The molecule has 0 aliphatic carbocycles. The lowest BCUT2D eigenvalue weighted by molar-refractivity contribution is -0.125. The highest BCUT2D eigenvalue weighted by atomic mass is 32.1. The quantitative estimate of drug-likeness (QED) is 0.891. The summed E-state index contributed by atoms with van der Waals surface area (Å²) in [5.41, 5.74) is 5.02. The Hall–Kier alpha value is -1.72. The van der Waals surface area contributed by atoms with Crippen LogP contribution in [0.4, 0.5) is 0 Å². The predicted molar refractivity (Wildman–Crippen MR) is 86.4 cm³/mol. The molecule has 5 heteroatoms. The van der Waals surface area contributed by atoms with Gasteiger partial charge in [0.05, 0.1) is 11.2 Å². The molecule has 1 atom stereocenters. The van der Waals surface area contributed by atoms with Crippen LogP contribution in [0, 0.1) is 6.92 Å². The number of benzene rings is 1. The molecule has 0 saturated heterocycles. The van der Waals surface area contributed by atoms with Crippen LogP contribution in [0.2, 0.25) is 0 Å². The Labute approximate surface area is 129 Å². The van der Waals surface area contributed by atoms with Crippen LogP contribution in [0.5, 0.6) is 0 Å². The van der Waals surface area contributed by atoms with Crippen LogP contribution in [0.1, 0.15) is 22.9 Å². The number of amides is 1. The summed E-state index contributed by atoms with van der Waals surface area (Å²) >= 11 is 1.58. The Morgan fingerprint density at radius 1 is 1.43 bits per heavy atom. The molecule has 1 aromatic carbocycles. The summed E-state index contributed by atoms with van der Waals surface area (Å²) in [5.74, 6) is 0.0285. The van der Waals surface area contributed by atoms with Crippen molar-refractivity contribution in [2.45, 2.75) is 19.4 Å². The van der Waals surface area contributed by atoms with Crippen molar-refractivity contribution < 1.29 is 4.79 Å². The van der Waals surface area contributed by atoms with Gasteiger partial charge in [0.2, 0.25) is 5.91 Å². The molecule has 2 rings (SSSR count). The zero-order chi connectivity index (χ0) is 15.2. The van der Waals surface area contributed by atoms with Crippen LogP contribution in [0.25, 0.3) is 0 Å². The summed E-state index contributed by atoms with van der Waals surface area (Å²) in [7, 11) is 3.85. The van der Waals surface area contributed by atoms with Crippen LogP contribution in [-0.2, 0) is 11.2 Å². The Balaban J connectivity index is 1.99. The molecule has 1 aromatic heterocycles. The summed E-state index contributed by atoms with van der Waals surface area (Å²) in [4.78, 5) is 18.6. The number of hydrogen-bond donors (Lipinski definition) is 1. The van der Waals surface area contributed by atoms with E-state index in [1.54, 1.807) is 11.3 Å². The average Bonchev–Trinajstić information content (AvgIpc) is 2.91. The second-order valence-corrected chi connectivity index (χ2v) is 6.02. The Kier molecular flexibility index (Phi) is 5.47. The molecule has 1 N–H and O–H groups in total. The van der Waals surface area contributed by atoms with Crippen molar-refractivity contribution >= 4 is 17.2 Å². The number of carbonyl (C=O) groups is 1. The fourth-order valence-corrected chi connectivity index (χ4v) is 2.89. The largest absolute Gasteiger partial charge is 0.354 e. The third kappa shape index (κ3) is 4.37. The number of carbonyl (C=O) groups excluding carboxylic acids is 1. The number of nitrogens with one attached hydrogen (secondary N) is 1. The lowest BCUT2D eigenvalue weighted by atomic mass is 10.0. The molecule has 0 aliphatic rings. The number of hydrogen-bond acceptors (Lipinski definition) is 4. The molecule has 0 radical (unpaired) electrons.